The number of carboxylic acids is 1. The van der Waals surface area contributed by atoms with Crippen LogP contribution in [0.1, 0.15) is 42.9 Å². The maximum absolute atomic E-state index is 13.2. The molecule has 8 nitrogen and oxygen atoms in total. The van der Waals surface area contributed by atoms with Crippen molar-refractivity contribution in [3.63, 3.8) is 0 Å². The predicted molar refractivity (Wildman–Crippen MR) is 154 cm³/mol. The Morgan fingerprint density at radius 3 is 2.10 bits per heavy atom. The fourth-order valence-electron chi connectivity index (χ4n) is 5.00. The van der Waals surface area contributed by atoms with E-state index in [9.17, 15) is 19.5 Å². The minimum absolute atomic E-state index is 0.0526. The smallest absolute Gasteiger partial charge is 0.407 e. The molecule has 0 spiro atoms. The number of nitrogens with one attached hydrogen (secondary N) is 2. The van der Waals surface area contributed by atoms with Crippen LogP contribution in [0.25, 0.3) is 11.1 Å². The number of carbonyl (C=O) groups excluding carboxylic acids is 2. The first kappa shape index (κ1) is 28.8. The van der Waals surface area contributed by atoms with E-state index in [0.29, 0.717) is 13.0 Å². The molecule has 0 aromatic heterocycles. The zero-order valence-corrected chi connectivity index (χ0v) is 23.2. The fourth-order valence-corrected chi connectivity index (χ4v) is 5.00. The molecule has 2 atom stereocenters. The predicted octanol–water partition coefficient (Wildman–Crippen LogP) is 4.64. The number of hydrogen-bond acceptors (Lipinski definition) is 5. The summed E-state index contributed by atoms with van der Waals surface area (Å²) < 4.78 is 5.68. The molecule has 210 valence electrons. The Labute approximate surface area is 235 Å². The van der Waals surface area contributed by atoms with Crippen molar-refractivity contribution in [1.29, 1.82) is 0 Å². The SMILES string of the molecule is CCC(C)(CNC(=O)C(CN(C)Cc1ccccc1)NC(=O)OCC1c2ccccc2-c2ccccc21)C(=O)O. The number of benzene rings is 3. The Bertz CT molecular complexity index is 1300. The summed E-state index contributed by atoms with van der Waals surface area (Å²) >= 11 is 0. The zero-order valence-electron chi connectivity index (χ0n) is 23.2. The van der Waals surface area contributed by atoms with Crippen LogP contribution in [-0.2, 0) is 20.9 Å². The number of rotatable bonds is 12. The van der Waals surface area contributed by atoms with E-state index in [-0.39, 0.29) is 25.6 Å². The summed E-state index contributed by atoms with van der Waals surface area (Å²) in [6.07, 6.45) is -0.354. The van der Waals surface area contributed by atoms with Gasteiger partial charge in [0.25, 0.3) is 0 Å². The van der Waals surface area contributed by atoms with Crippen LogP contribution in [0, 0.1) is 5.41 Å². The Morgan fingerprint density at radius 2 is 1.52 bits per heavy atom. The molecule has 0 heterocycles. The van der Waals surface area contributed by atoms with Gasteiger partial charge in [0.15, 0.2) is 0 Å². The van der Waals surface area contributed by atoms with Gasteiger partial charge in [0.1, 0.15) is 12.6 Å². The number of alkyl carbamates (subject to hydrolysis) is 1. The largest absolute Gasteiger partial charge is 0.481 e. The standard InChI is InChI=1S/C32H37N3O5/c1-4-32(2,30(37)38)21-33-29(36)28(19-35(3)18-22-12-6-5-7-13-22)34-31(39)40-20-27-25-16-10-8-14-23(25)24-15-9-11-17-26(24)27/h5-17,27-28H,4,18-21H2,1-3H3,(H,33,36)(H,34,39)(H,37,38). The van der Waals surface area contributed by atoms with E-state index in [1.54, 1.807) is 13.8 Å². The van der Waals surface area contributed by atoms with Crippen LogP contribution in [0.15, 0.2) is 78.9 Å². The molecule has 4 rings (SSSR count). The lowest BCUT2D eigenvalue weighted by atomic mass is 9.87. The molecule has 0 aliphatic heterocycles. The minimum Gasteiger partial charge on any atom is -0.481 e. The minimum atomic E-state index is -1.11. The van der Waals surface area contributed by atoms with Gasteiger partial charge >= 0.3 is 12.1 Å². The second kappa shape index (κ2) is 12.8. The van der Waals surface area contributed by atoms with Gasteiger partial charge in [-0.2, -0.15) is 0 Å². The summed E-state index contributed by atoms with van der Waals surface area (Å²) in [7, 11) is 1.86. The number of hydrogen-bond donors (Lipinski definition) is 3. The number of fused-ring (bicyclic) bond motifs is 3. The van der Waals surface area contributed by atoms with Gasteiger partial charge < -0.3 is 20.5 Å². The van der Waals surface area contributed by atoms with Crippen LogP contribution in [0.5, 0.6) is 0 Å². The van der Waals surface area contributed by atoms with Crippen molar-refractivity contribution in [2.75, 3.05) is 26.7 Å². The van der Waals surface area contributed by atoms with Crippen LogP contribution >= 0.6 is 0 Å². The molecule has 3 aromatic rings. The van der Waals surface area contributed by atoms with Crippen LogP contribution in [0.3, 0.4) is 0 Å². The van der Waals surface area contributed by atoms with Gasteiger partial charge in [-0.3, -0.25) is 14.5 Å². The van der Waals surface area contributed by atoms with Gasteiger partial charge in [0.2, 0.25) is 5.91 Å². The van der Waals surface area contributed by atoms with E-state index >= 15 is 0 Å². The van der Waals surface area contributed by atoms with Gasteiger partial charge in [-0.1, -0.05) is 85.8 Å². The van der Waals surface area contributed by atoms with E-state index in [2.05, 4.69) is 22.8 Å². The number of aliphatic carboxylic acids is 1. The lowest BCUT2D eigenvalue weighted by Crippen LogP contribution is -2.54. The molecule has 0 saturated carbocycles. The molecule has 3 aromatic carbocycles. The van der Waals surface area contributed by atoms with Crippen LogP contribution in [0.2, 0.25) is 0 Å². The quantitative estimate of drug-likeness (QED) is 0.307. The topological polar surface area (TPSA) is 108 Å². The molecule has 1 aliphatic carbocycles. The Balaban J connectivity index is 1.44. The normalized spacial score (nSPS) is 14.5. The number of ether oxygens (including phenoxy) is 1. The molecule has 2 amide bonds. The molecular weight excluding hydrogens is 506 g/mol. The first-order chi connectivity index (χ1) is 19.2. The number of carboxylic acid groups (broad SMARTS) is 1. The van der Waals surface area contributed by atoms with Gasteiger partial charge in [-0.25, -0.2) is 4.79 Å². The number of amides is 2. The number of nitrogens with zero attached hydrogens (tertiary/aromatic N) is 1. The molecule has 1 aliphatic rings. The van der Waals surface area contributed by atoms with Crippen molar-refractivity contribution in [3.8, 4) is 11.1 Å². The summed E-state index contributed by atoms with van der Waals surface area (Å²) in [6, 6.07) is 25.0. The third-order valence-electron chi connectivity index (χ3n) is 7.69. The maximum Gasteiger partial charge on any atom is 0.407 e. The van der Waals surface area contributed by atoms with Crippen molar-refractivity contribution in [3.05, 3.63) is 95.6 Å². The Morgan fingerprint density at radius 1 is 0.950 bits per heavy atom. The van der Waals surface area contributed by atoms with E-state index in [4.69, 9.17) is 4.74 Å². The zero-order chi connectivity index (χ0) is 28.7. The van der Waals surface area contributed by atoms with Gasteiger partial charge in [-0.15, -0.1) is 0 Å². The average molecular weight is 544 g/mol. The van der Waals surface area contributed by atoms with Crippen LogP contribution in [-0.4, -0.2) is 60.8 Å². The highest BCUT2D eigenvalue weighted by Gasteiger charge is 2.34. The van der Waals surface area contributed by atoms with Crippen LogP contribution < -0.4 is 10.6 Å². The third kappa shape index (κ3) is 6.69. The van der Waals surface area contributed by atoms with E-state index in [1.807, 2.05) is 78.7 Å². The summed E-state index contributed by atoms with van der Waals surface area (Å²) in [4.78, 5) is 39.9. The summed E-state index contributed by atoms with van der Waals surface area (Å²) in [5, 5.41) is 15.1. The maximum atomic E-state index is 13.2. The molecule has 8 heteroatoms. The monoisotopic (exact) mass is 543 g/mol. The lowest BCUT2D eigenvalue weighted by molar-refractivity contribution is -0.148. The highest BCUT2D eigenvalue weighted by atomic mass is 16.5. The summed E-state index contributed by atoms with van der Waals surface area (Å²) in [5.41, 5.74) is 4.41. The third-order valence-corrected chi connectivity index (χ3v) is 7.69. The summed E-state index contributed by atoms with van der Waals surface area (Å²) in [5.74, 6) is -1.56. The van der Waals surface area contributed by atoms with E-state index < -0.39 is 29.4 Å². The van der Waals surface area contributed by atoms with Gasteiger partial charge in [0, 0.05) is 25.6 Å². The molecule has 3 N–H and O–H groups in total. The lowest BCUT2D eigenvalue weighted by Gasteiger charge is -2.27. The number of carbonyl (C=O) groups is 3. The second-order valence-electron chi connectivity index (χ2n) is 10.6. The summed E-state index contributed by atoms with van der Waals surface area (Å²) in [6.45, 7) is 4.20. The molecule has 0 saturated heterocycles. The molecule has 40 heavy (non-hydrogen) atoms. The average Bonchev–Trinajstić information content (AvgIpc) is 3.28. The van der Waals surface area contributed by atoms with E-state index in [0.717, 1.165) is 27.8 Å². The van der Waals surface area contributed by atoms with Crippen LogP contribution in [0.4, 0.5) is 4.79 Å². The first-order valence-electron chi connectivity index (χ1n) is 13.6. The Kier molecular flexibility index (Phi) is 9.22. The highest BCUT2D eigenvalue weighted by molar-refractivity contribution is 5.86. The van der Waals surface area contributed by atoms with E-state index in [1.165, 1.54) is 0 Å². The molecule has 0 radical (unpaired) electrons. The number of likely N-dealkylation sites (N-methyl/N-ethyl adjacent to an activating group) is 1. The molecule has 0 fully saturated rings. The molecular formula is C32H37N3O5. The van der Waals surface area contributed by atoms with Crippen molar-refractivity contribution in [2.45, 2.75) is 38.8 Å². The first-order valence-corrected chi connectivity index (χ1v) is 13.6. The van der Waals surface area contributed by atoms with Gasteiger partial charge in [-0.05, 0) is 48.2 Å². The fraction of sp³-hybridized carbons (Fsp3) is 0.344. The van der Waals surface area contributed by atoms with Crippen molar-refractivity contribution < 1.29 is 24.2 Å². The molecule has 0 bridgehead atoms. The molecule has 2 unspecified atom stereocenters. The van der Waals surface area contributed by atoms with Crippen molar-refractivity contribution in [1.82, 2.24) is 15.5 Å². The second-order valence-corrected chi connectivity index (χ2v) is 10.6. The Hall–Kier alpha value is -4.17. The van der Waals surface area contributed by atoms with Crippen molar-refractivity contribution >= 4 is 18.0 Å². The van der Waals surface area contributed by atoms with Gasteiger partial charge in [0.05, 0.1) is 5.41 Å². The highest BCUT2D eigenvalue weighted by Crippen LogP contribution is 2.44. The van der Waals surface area contributed by atoms with Crippen molar-refractivity contribution in [2.24, 2.45) is 5.41 Å².